The molecule has 0 aromatic heterocycles. The number of rotatable bonds is 2. The molecule has 2 rings (SSSR count). The minimum atomic E-state index is -0.342. The highest BCUT2D eigenvalue weighted by molar-refractivity contribution is 7.99. The van der Waals surface area contributed by atoms with Gasteiger partial charge >= 0.3 is 5.97 Å². The molecular formula is C12H14O3S. The summed E-state index contributed by atoms with van der Waals surface area (Å²) in [5.74, 6) is 1.37. The number of benzene rings is 1. The van der Waals surface area contributed by atoms with Crippen LogP contribution in [-0.2, 0) is 11.2 Å². The molecule has 0 saturated heterocycles. The summed E-state index contributed by atoms with van der Waals surface area (Å²) in [6, 6.07) is 3.83. The van der Waals surface area contributed by atoms with Crippen LogP contribution in [0.4, 0.5) is 0 Å². The van der Waals surface area contributed by atoms with Crippen LogP contribution in [0.5, 0.6) is 5.75 Å². The Morgan fingerprint density at radius 3 is 2.88 bits per heavy atom. The fourth-order valence-electron chi connectivity index (χ4n) is 1.81. The summed E-state index contributed by atoms with van der Waals surface area (Å²) in [7, 11) is 2.96. The Hall–Kier alpha value is -1.16. The van der Waals surface area contributed by atoms with Gasteiger partial charge in [-0.1, -0.05) is 0 Å². The predicted octanol–water partition coefficient (Wildman–Crippen LogP) is 2.52. The van der Waals surface area contributed by atoms with E-state index in [1.807, 2.05) is 12.1 Å². The third kappa shape index (κ3) is 2.02. The Morgan fingerprint density at radius 1 is 1.38 bits per heavy atom. The quantitative estimate of drug-likeness (QED) is 0.742. The number of hydrogen-bond donors (Lipinski definition) is 0. The molecule has 0 bridgehead atoms. The third-order valence-electron chi connectivity index (χ3n) is 2.64. The van der Waals surface area contributed by atoms with Crippen LogP contribution < -0.4 is 4.74 Å². The minimum absolute atomic E-state index is 0.342. The van der Waals surface area contributed by atoms with Crippen LogP contribution in [0.1, 0.15) is 22.3 Å². The molecule has 0 atom stereocenters. The van der Waals surface area contributed by atoms with E-state index in [1.54, 1.807) is 18.9 Å². The number of ether oxygens (including phenoxy) is 2. The normalized spacial score (nSPS) is 14.1. The fraction of sp³-hybridized carbons (Fsp3) is 0.417. The first-order valence-electron chi connectivity index (χ1n) is 5.18. The summed E-state index contributed by atoms with van der Waals surface area (Å²) in [4.78, 5) is 12.7. The molecule has 3 nitrogen and oxygen atoms in total. The average molecular weight is 238 g/mol. The second-order valence-corrected chi connectivity index (χ2v) is 4.74. The summed E-state index contributed by atoms with van der Waals surface area (Å²) in [6.45, 7) is 0. The lowest BCUT2D eigenvalue weighted by Gasteiger charge is -2.17. The van der Waals surface area contributed by atoms with Crippen LogP contribution in [-0.4, -0.2) is 25.9 Å². The molecule has 4 heteroatoms. The van der Waals surface area contributed by atoms with E-state index in [0.29, 0.717) is 11.3 Å². The molecule has 0 N–H and O–H groups in total. The molecule has 1 aliphatic heterocycles. The second kappa shape index (κ2) is 4.78. The lowest BCUT2D eigenvalue weighted by molar-refractivity contribution is 0.0596. The Morgan fingerprint density at radius 2 is 2.19 bits per heavy atom. The number of methoxy groups -OCH3 is 2. The lowest BCUT2D eigenvalue weighted by Crippen LogP contribution is -2.07. The number of aryl methyl sites for hydroxylation is 1. The van der Waals surface area contributed by atoms with E-state index in [1.165, 1.54) is 24.0 Å². The SMILES string of the molecule is COC(=O)c1cc2c(cc1OC)CCCS2. The van der Waals surface area contributed by atoms with Crippen molar-refractivity contribution in [3.8, 4) is 5.75 Å². The first-order chi connectivity index (χ1) is 7.76. The van der Waals surface area contributed by atoms with Gasteiger partial charge in [-0.25, -0.2) is 4.79 Å². The van der Waals surface area contributed by atoms with Gasteiger partial charge in [0.2, 0.25) is 0 Å². The second-order valence-electron chi connectivity index (χ2n) is 3.60. The molecule has 86 valence electrons. The van der Waals surface area contributed by atoms with Crippen molar-refractivity contribution in [1.29, 1.82) is 0 Å². The Labute approximate surface area is 99.1 Å². The fourth-order valence-corrected chi connectivity index (χ4v) is 2.87. The van der Waals surface area contributed by atoms with Gasteiger partial charge < -0.3 is 9.47 Å². The third-order valence-corrected chi connectivity index (χ3v) is 3.82. The van der Waals surface area contributed by atoms with E-state index >= 15 is 0 Å². The molecule has 0 unspecified atom stereocenters. The number of esters is 1. The van der Waals surface area contributed by atoms with E-state index in [9.17, 15) is 4.79 Å². The molecule has 0 aliphatic carbocycles. The van der Waals surface area contributed by atoms with Gasteiger partial charge in [0.25, 0.3) is 0 Å². The molecule has 1 aromatic carbocycles. The van der Waals surface area contributed by atoms with Crippen molar-refractivity contribution in [3.63, 3.8) is 0 Å². The summed E-state index contributed by atoms with van der Waals surface area (Å²) < 4.78 is 9.97. The van der Waals surface area contributed by atoms with Crippen molar-refractivity contribution >= 4 is 17.7 Å². The maximum atomic E-state index is 11.6. The van der Waals surface area contributed by atoms with Gasteiger partial charge in [-0.15, -0.1) is 11.8 Å². The minimum Gasteiger partial charge on any atom is -0.496 e. The lowest BCUT2D eigenvalue weighted by atomic mass is 10.1. The van der Waals surface area contributed by atoms with Crippen LogP contribution in [0.25, 0.3) is 0 Å². The van der Waals surface area contributed by atoms with Crippen molar-refractivity contribution in [2.75, 3.05) is 20.0 Å². The Balaban J connectivity index is 2.47. The molecule has 0 amide bonds. The van der Waals surface area contributed by atoms with Crippen molar-refractivity contribution in [2.45, 2.75) is 17.7 Å². The molecule has 16 heavy (non-hydrogen) atoms. The van der Waals surface area contributed by atoms with E-state index in [4.69, 9.17) is 9.47 Å². The molecule has 1 aliphatic rings. The monoisotopic (exact) mass is 238 g/mol. The highest BCUT2D eigenvalue weighted by Gasteiger charge is 2.18. The zero-order valence-electron chi connectivity index (χ0n) is 9.41. The van der Waals surface area contributed by atoms with Crippen LogP contribution in [0, 0.1) is 0 Å². The first kappa shape index (κ1) is 11.3. The summed E-state index contributed by atoms with van der Waals surface area (Å²) in [5.41, 5.74) is 1.78. The van der Waals surface area contributed by atoms with E-state index in [0.717, 1.165) is 12.2 Å². The van der Waals surface area contributed by atoms with E-state index < -0.39 is 0 Å². The number of carbonyl (C=O) groups is 1. The van der Waals surface area contributed by atoms with Gasteiger partial charge in [0.15, 0.2) is 0 Å². The Bertz CT molecular complexity index is 415. The maximum Gasteiger partial charge on any atom is 0.341 e. The van der Waals surface area contributed by atoms with Gasteiger partial charge in [-0.3, -0.25) is 0 Å². The number of hydrogen-bond acceptors (Lipinski definition) is 4. The van der Waals surface area contributed by atoms with Crippen molar-refractivity contribution in [1.82, 2.24) is 0 Å². The van der Waals surface area contributed by atoms with Crippen molar-refractivity contribution in [3.05, 3.63) is 23.3 Å². The molecule has 1 heterocycles. The predicted molar refractivity (Wildman–Crippen MR) is 63.4 cm³/mol. The van der Waals surface area contributed by atoms with Gasteiger partial charge in [0.1, 0.15) is 11.3 Å². The summed E-state index contributed by atoms with van der Waals surface area (Å²) in [6.07, 6.45) is 2.23. The van der Waals surface area contributed by atoms with Crippen molar-refractivity contribution in [2.24, 2.45) is 0 Å². The molecule has 0 spiro atoms. The van der Waals surface area contributed by atoms with Gasteiger partial charge in [0.05, 0.1) is 14.2 Å². The van der Waals surface area contributed by atoms with Gasteiger partial charge in [0, 0.05) is 4.90 Å². The largest absolute Gasteiger partial charge is 0.496 e. The maximum absolute atomic E-state index is 11.6. The van der Waals surface area contributed by atoms with E-state index in [2.05, 4.69) is 0 Å². The number of fused-ring (bicyclic) bond motifs is 1. The first-order valence-corrected chi connectivity index (χ1v) is 6.17. The van der Waals surface area contributed by atoms with E-state index in [-0.39, 0.29) is 5.97 Å². The number of carbonyl (C=O) groups excluding carboxylic acids is 1. The Kier molecular flexibility index (Phi) is 3.39. The smallest absolute Gasteiger partial charge is 0.341 e. The highest BCUT2D eigenvalue weighted by atomic mass is 32.2. The highest BCUT2D eigenvalue weighted by Crippen LogP contribution is 2.35. The van der Waals surface area contributed by atoms with Crippen LogP contribution in [0.3, 0.4) is 0 Å². The summed E-state index contributed by atoms with van der Waals surface area (Å²) in [5, 5.41) is 0. The van der Waals surface area contributed by atoms with Crippen LogP contribution in [0.2, 0.25) is 0 Å². The van der Waals surface area contributed by atoms with Gasteiger partial charge in [-0.05, 0) is 36.3 Å². The number of thioether (sulfide) groups is 1. The van der Waals surface area contributed by atoms with Crippen molar-refractivity contribution < 1.29 is 14.3 Å². The molecule has 0 saturated carbocycles. The standard InChI is InChI=1S/C12H14O3S/c1-14-10-6-8-4-3-5-16-11(8)7-9(10)12(13)15-2/h6-7H,3-5H2,1-2H3. The molecule has 1 aromatic rings. The zero-order chi connectivity index (χ0) is 11.5. The topological polar surface area (TPSA) is 35.5 Å². The average Bonchev–Trinajstić information content (AvgIpc) is 2.36. The summed E-state index contributed by atoms with van der Waals surface area (Å²) >= 11 is 1.79. The molecular weight excluding hydrogens is 224 g/mol. The van der Waals surface area contributed by atoms with Gasteiger partial charge in [-0.2, -0.15) is 0 Å². The molecule has 0 fully saturated rings. The molecule has 0 radical (unpaired) electrons. The van der Waals surface area contributed by atoms with Crippen LogP contribution in [0.15, 0.2) is 17.0 Å². The van der Waals surface area contributed by atoms with Crippen LogP contribution >= 0.6 is 11.8 Å². The zero-order valence-corrected chi connectivity index (χ0v) is 10.2.